The van der Waals surface area contributed by atoms with Crippen LogP contribution < -0.4 is 10.6 Å². The summed E-state index contributed by atoms with van der Waals surface area (Å²) in [5.74, 6) is 0.554. The predicted molar refractivity (Wildman–Crippen MR) is 110 cm³/mol. The fraction of sp³-hybridized carbons (Fsp3) is 0.500. The van der Waals surface area contributed by atoms with Crippen LogP contribution in [0, 0.1) is 0 Å². The van der Waals surface area contributed by atoms with Gasteiger partial charge >= 0.3 is 6.09 Å². The summed E-state index contributed by atoms with van der Waals surface area (Å²) in [6.45, 7) is -6.58. The summed E-state index contributed by atoms with van der Waals surface area (Å²) < 4.78 is 81.0. The molecular formula is C20H26N4O4S. The highest BCUT2D eigenvalue weighted by Crippen LogP contribution is 2.36. The first-order valence-electron chi connectivity index (χ1n) is 12.7. The van der Waals surface area contributed by atoms with Crippen molar-refractivity contribution in [2.75, 3.05) is 5.32 Å². The molecular weight excluding hydrogens is 392 g/mol. The number of hydrogen-bond donors (Lipinski definition) is 3. The lowest BCUT2D eigenvalue weighted by molar-refractivity contribution is 0.0981. The molecule has 1 aliphatic carbocycles. The van der Waals surface area contributed by atoms with Crippen molar-refractivity contribution in [1.29, 1.82) is 0 Å². The molecule has 1 aromatic heterocycles. The van der Waals surface area contributed by atoms with Crippen molar-refractivity contribution in [3.8, 4) is 0 Å². The highest BCUT2D eigenvalue weighted by molar-refractivity contribution is 7.90. The Morgan fingerprint density at radius 1 is 1.31 bits per heavy atom. The minimum absolute atomic E-state index is 0.0147. The van der Waals surface area contributed by atoms with Crippen molar-refractivity contribution in [2.24, 2.45) is 0 Å². The minimum Gasteiger partial charge on any atom is -0.446 e. The number of amides is 1. The molecule has 0 radical (unpaired) electrons. The smallest absolute Gasteiger partial charge is 0.407 e. The molecule has 0 spiro atoms. The molecule has 1 fully saturated rings. The largest absolute Gasteiger partial charge is 0.446 e. The maximum atomic E-state index is 12.3. The van der Waals surface area contributed by atoms with Gasteiger partial charge in [0.15, 0.2) is 15.7 Å². The van der Waals surface area contributed by atoms with Crippen molar-refractivity contribution in [3.05, 3.63) is 41.1 Å². The Morgan fingerprint density at radius 2 is 2.14 bits per heavy atom. The number of anilines is 2. The maximum Gasteiger partial charge on any atom is 0.407 e. The number of benzene rings is 1. The number of nitrogens with one attached hydrogen (secondary N) is 3. The summed E-state index contributed by atoms with van der Waals surface area (Å²) in [7, 11) is -3.10. The Hall–Kier alpha value is -2.55. The molecule has 2 atom stereocenters. The van der Waals surface area contributed by atoms with Gasteiger partial charge in [0, 0.05) is 37.6 Å². The van der Waals surface area contributed by atoms with Gasteiger partial charge < -0.3 is 15.4 Å². The van der Waals surface area contributed by atoms with Crippen LogP contribution in [0.3, 0.4) is 0 Å². The summed E-state index contributed by atoms with van der Waals surface area (Å²) in [5.41, 5.74) is 3.05. The molecule has 9 heteroatoms. The average molecular weight is 426 g/mol. The number of rotatable bonds is 5. The number of sulfone groups is 1. The summed E-state index contributed by atoms with van der Waals surface area (Å²) in [5, 5.41) is 12.0. The number of aromatic nitrogens is 2. The Labute approximate surface area is 180 Å². The van der Waals surface area contributed by atoms with Gasteiger partial charge in [-0.3, -0.25) is 5.10 Å². The van der Waals surface area contributed by atoms with Gasteiger partial charge in [-0.05, 0) is 56.2 Å². The molecule has 1 aromatic carbocycles. The monoisotopic (exact) mass is 425 g/mol. The summed E-state index contributed by atoms with van der Waals surface area (Å²) >= 11 is 0. The van der Waals surface area contributed by atoms with Crippen LogP contribution in [0.15, 0.2) is 24.3 Å². The highest BCUT2D eigenvalue weighted by atomic mass is 32.2. The first-order chi connectivity index (χ1) is 16.6. The number of hydrogen-bond acceptors (Lipinski definition) is 6. The number of nitrogens with zero attached hydrogens (tertiary/aromatic N) is 1. The highest BCUT2D eigenvalue weighted by Gasteiger charge is 2.30. The van der Waals surface area contributed by atoms with Crippen LogP contribution in [-0.2, 0) is 26.1 Å². The third kappa shape index (κ3) is 4.72. The fourth-order valence-electron chi connectivity index (χ4n) is 3.87. The molecule has 0 saturated heterocycles. The molecule has 4 rings (SSSR count). The molecule has 1 amide bonds. The van der Waals surface area contributed by atoms with Crippen LogP contribution in [-0.4, -0.2) is 36.8 Å². The van der Waals surface area contributed by atoms with E-state index in [1.807, 2.05) is 0 Å². The lowest BCUT2D eigenvalue weighted by Crippen LogP contribution is -2.33. The number of ether oxygens (including phenoxy) is 1. The SMILES string of the molecule is [2H]C([2H])([2H])C([2H])(NC(=O)OC1CCC(c2cc(Nc3ccc4c(c3)CS(=O)(=O)C4)n[nH]2)C1)C([2H])([2H])[2H]. The van der Waals surface area contributed by atoms with Crippen molar-refractivity contribution < 1.29 is 27.5 Å². The Balaban J connectivity index is 1.34. The van der Waals surface area contributed by atoms with Crippen LogP contribution in [0.1, 0.15) is 65.3 Å². The Bertz CT molecular complexity index is 1250. The quantitative estimate of drug-likeness (QED) is 0.677. The molecule has 29 heavy (non-hydrogen) atoms. The third-order valence-electron chi connectivity index (χ3n) is 5.15. The fourth-order valence-corrected chi connectivity index (χ4v) is 5.47. The van der Waals surface area contributed by atoms with E-state index in [0.29, 0.717) is 30.8 Å². The van der Waals surface area contributed by atoms with E-state index in [0.717, 1.165) is 16.8 Å². The van der Waals surface area contributed by atoms with Gasteiger partial charge in [0.25, 0.3) is 0 Å². The van der Waals surface area contributed by atoms with E-state index in [9.17, 15) is 13.2 Å². The van der Waals surface area contributed by atoms with Gasteiger partial charge in [0.1, 0.15) is 6.10 Å². The van der Waals surface area contributed by atoms with Crippen molar-refractivity contribution in [3.63, 3.8) is 0 Å². The molecule has 1 saturated carbocycles. The molecule has 2 aromatic rings. The standard InChI is InChI=1S/C20H26N4O4S/c1-12(2)21-20(25)28-17-6-4-13(8-17)18-9-19(24-23-18)22-16-5-3-14-10-29(26,27)11-15(14)7-16/h3,5,7,9,12-13,17H,4,6,8,10-11H2,1-2H3,(H,21,25)(H2,22,23,24)/i1D3,2D3,12D. The maximum absolute atomic E-state index is 12.3. The molecule has 156 valence electrons. The van der Waals surface area contributed by atoms with E-state index in [1.165, 1.54) is 0 Å². The number of aromatic amines is 1. The van der Waals surface area contributed by atoms with Gasteiger partial charge in [-0.25, -0.2) is 13.2 Å². The van der Waals surface area contributed by atoms with Gasteiger partial charge in [-0.15, -0.1) is 0 Å². The lowest BCUT2D eigenvalue weighted by Gasteiger charge is -2.14. The van der Waals surface area contributed by atoms with Crippen molar-refractivity contribution in [1.82, 2.24) is 15.5 Å². The Kier molecular flexibility index (Phi) is 3.42. The summed E-state index contributed by atoms with van der Waals surface area (Å²) in [6, 6.07) is 3.97. The van der Waals surface area contributed by atoms with Crippen molar-refractivity contribution >= 4 is 27.4 Å². The van der Waals surface area contributed by atoms with Gasteiger partial charge in [-0.1, -0.05) is 6.07 Å². The number of carbonyl (C=O) groups excluding carboxylic acids is 1. The zero-order chi connectivity index (χ0) is 26.5. The van der Waals surface area contributed by atoms with E-state index in [2.05, 4.69) is 15.5 Å². The normalized spacial score (nSPS) is 27.2. The zero-order valence-electron chi connectivity index (χ0n) is 22.5. The third-order valence-corrected chi connectivity index (χ3v) is 6.65. The van der Waals surface area contributed by atoms with Gasteiger partial charge in [-0.2, -0.15) is 5.10 Å². The van der Waals surface area contributed by atoms with Gasteiger partial charge in [0.05, 0.1) is 12.9 Å². The second-order valence-electron chi connectivity index (χ2n) is 7.39. The molecule has 3 N–H and O–H groups in total. The van der Waals surface area contributed by atoms with Gasteiger partial charge in [0.2, 0.25) is 0 Å². The van der Waals surface area contributed by atoms with E-state index in [1.54, 1.807) is 29.6 Å². The number of fused-ring (bicyclic) bond motifs is 1. The van der Waals surface area contributed by atoms with E-state index in [-0.39, 0.29) is 17.4 Å². The second kappa shape index (κ2) is 7.70. The second-order valence-corrected chi connectivity index (χ2v) is 9.45. The van der Waals surface area contributed by atoms with E-state index >= 15 is 0 Å². The molecule has 2 aliphatic rings. The number of carbonyl (C=O) groups is 1. The Morgan fingerprint density at radius 3 is 2.97 bits per heavy atom. The minimum atomic E-state index is -3.29. The molecule has 8 nitrogen and oxygen atoms in total. The lowest BCUT2D eigenvalue weighted by atomic mass is 10.0. The first kappa shape index (κ1) is 12.9. The van der Waals surface area contributed by atoms with Crippen LogP contribution in [0.4, 0.5) is 16.3 Å². The van der Waals surface area contributed by atoms with Crippen LogP contribution in [0.25, 0.3) is 0 Å². The zero-order valence-corrected chi connectivity index (χ0v) is 16.3. The topological polar surface area (TPSA) is 113 Å². The van der Waals surface area contributed by atoms with E-state index < -0.39 is 41.8 Å². The predicted octanol–water partition coefficient (Wildman–Crippen LogP) is 3.35. The van der Waals surface area contributed by atoms with Crippen LogP contribution in [0.5, 0.6) is 0 Å². The number of H-pyrrole nitrogens is 1. The van der Waals surface area contributed by atoms with E-state index in [4.69, 9.17) is 14.3 Å². The molecule has 2 heterocycles. The van der Waals surface area contributed by atoms with Crippen LogP contribution >= 0.6 is 0 Å². The first-order valence-corrected chi connectivity index (χ1v) is 11.0. The number of alkyl carbamates (subject to hydrolysis) is 1. The molecule has 2 unspecified atom stereocenters. The summed E-state index contributed by atoms with van der Waals surface area (Å²) in [6.07, 6.45) is -0.357. The van der Waals surface area contributed by atoms with Crippen molar-refractivity contribution in [2.45, 2.75) is 62.5 Å². The average Bonchev–Trinajstić information content (AvgIpc) is 3.43. The summed E-state index contributed by atoms with van der Waals surface area (Å²) in [4.78, 5) is 12.3. The van der Waals surface area contributed by atoms with Crippen LogP contribution in [0.2, 0.25) is 0 Å². The molecule has 0 bridgehead atoms. The molecule has 1 aliphatic heterocycles.